The van der Waals surface area contributed by atoms with Gasteiger partial charge in [0.15, 0.2) is 11.5 Å². The number of rotatable bonds is 8. The Hall–Kier alpha value is -2.42. The molecule has 0 saturated heterocycles. The molecular weight excluding hydrogens is 288 g/mol. The van der Waals surface area contributed by atoms with E-state index < -0.39 is 0 Å². The quantitative estimate of drug-likeness (QED) is 0.686. The lowest BCUT2D eigenvalue weighted by Gasteiger charge is -2.14. The van der Waals surface area contributed by atoms with Gasteiger partial charge in [0, 0.05) is 5.56 Å². The molecule has 0 radical (unpaired) electrons. The van der Waals surface area contributed by atoms with Crippen molar-refractivity contribution in [1.29, 1.82) is 0 Å². The largest absolute Gasteiger partial charge is 0.502 e. The summed E-state index contributed by atoms with van der Waals surface area (Å²) < 4.78 is 11.3. The lowest BCUT2D eigenvalue weighted by molar-refractivity contribution is 0.273. The monoisotopic (exact) mass is 312 g/mol. The smallest absolute Gasteiger partial charge is 0.201 e. The van der Waals surface area contributed by atoms with Crippen LogP contribution >= 0.6 is 0 Å². The number of ether oxygens (including phenoxy) is 2. The van der Waals surface area contributed by atoms with Crippen molar-refractivity contribution in [2.24, 2.45) is 0 Å². The lowest BCUT2D eigenvalue weighted by atomic mass is 10.1. The molecule has 0 aromatic heterocycles. The van der Waals surface area contributed by atoms with Gasteiger partial charge < -0.3 is 14.6 Å². The van der Waals surface area contributed by atoms with E-state index in [4.69, 9.17) is 9.47 Å². The standard InChI is InChI=1S/C20H24O3/c1-3-14-22-18-13-12-17(20(19(18)21)23-15-4-2)11-10-16-8-6-5-7-9-16/h5-13,21H,3-4,14-15H2,1-2H3. The van der Waals surface area contributed by atoms with Crippen LogP contribution in [0.4, 0.5) is 0 Å². The summed E-state index contributed by atoms with van der Waals surface area (Å²) in [4.78, 5) is 0. The van der Waals surface area contributed by atoms with Crippen LogP contribution in [-0.2, 0) is 0 Å². The molecule has 0 fully saturated rings. The molecule has 0 heterocycles. The first-order valence-corrected chi connectivity index (χ1v) is 8.11. The minimum atomic E-state index is 0.0714. The van der Waals surface area contributed by atoms with Gasteiger partial charge in [-0.25, -0.2) is 0 Å². The molecule has 0 bridgehead atoms. The van der Waals surface area contributed by atoms with Crippen LogP contribution in [0.5, 0.6) is 17.2 Å². The Morgan fingerprint density at radius 1 is 0.870 bits per heavy atom. The number of phenols is 1. The van der Waals surface area contributed by atoms with Gasteiger partial charge in [-0.3, -0.25) is 0 Å². The molecule has 0 aliphatic rings. The molecule has 0 amide bonds. The molecule has 122 valence electrons. The van der Waals surface area contributed by atoms with Gasteiger partial charge in [0.05, 0.1) is 13.2 Å². The van der Waals surface area contributed by atoms with Gasteiger partial charge in [0.25, 0.3) is 0 Å². The van der Waals surface area contributed by atoms with Crippen LogP contribution in [0.25, 0.3) is 12.2 Å². The van der Waals surface area contributed by atoms with E-state index in [1.807, 2.05) is 62.4 Å². The zero-order chi connectivity index (χ0) is 16.5. The van der Waals surface area contributed by atoms with Crippen LogP contribution in [0, 0.1) is 0 Å². The van der Waals surface area contributed by atoms with Crippen molar-refractivity contribution in [3.8, 4) is 17.2 Å². The molecule has 0 aliphatic heterocycles. The molecule has 0 aliphatic carbocycles. The number of aromatic hydroxyl groups is 1. The summed E-state index contributed by atoms with van der Waals surface area (Å²) in [5, 5.41) is 10.4. The van der Waals surface area contributed by atoms with E-state index in [1.165, 1.54) is 0 Å². The summed E-state index contributed by atoms with van der Waals surface area (Å²) in [5.74, 6) is 1.02. The fourth-order valence-corrected chi connectivity index (χ4v) is 2.13. The van der Waals surface area contributed by atoms with Crippen molar-refractivity contribution >= 4 is 12.2 Å². The number of hydrogen-bond acceptors (Lipinski definition) is 3. The van der Waals surface area contributed by atoms with Crippen LogP contribution in [0.15, 0.2) is 42.5 Å². The molecule has 2 aromatic carbocycles. The maximum absolute atomic E-state index is 10.4. The molecule has 2 rings (SSSR count). The summed E-state index contributed by atoms with van der Waals surface area (Å²) in [5.41, 5.74) is 1.93. The van der Waals surface area contributed by atoms with E-state index in [2.05, 4.69) is 0 Å². The predicted octanol–water partition coefficient (Wildman–Crippen LogP) is 5.14. The number of hydrogen-bond donors (Lipinski definition) is 1. The summed E-state index contributed by atoms with van der Waals surface area (Å²) in [6.07, 6.45) is 5.71. The minimum Gasteiger partial charge on any atom is -0.502 e. The van der Waals surface area contributed by atoms with E-state index in [9.17, 15) is 5.11 Å². The predicted molar refractivity (Wildman–Crippen MR) is 95.0 cm³/mol. The first-order valence-electron chi connectivity index (χ1n) is 8.11. The third-order valence-corrected chi connectivity index (χ3v) is 3.29. The van der Waals surface area contributed by atoms with Gasteiger partial charge in [0.1, 0.15) is 0 Å². The van der Waals surface area contributed by atoms with Crippen LogP contribution < -0.4 is 9.47 Å². The third-order valence-electron chi connectivity index (χ3n) is 3.29. The average molecular weight is 312 g/mol. The normalized spacial score (nSPS) is 10.9. The highest BCUT2D eigenvalue weighted by Gasteiger charge is 2.13. The van der Waals surface area contributed by atoms with Crippen molar-refractivity contribution in [1.82, 2.24) is 0 Å². The van der Waals surface area contributed by atoms with Gasteiger partial charge in [-0.15, -0.1) is 0 Å². The molecule has 3 heteroatoms. The summed E-state index contributed by atoms with van der Waals surface area (Å²) in [7, 11) is 0. The Balaban J connectivity index is 2.30. The molecular formula is C20H24O3. The van der Waals surface area contributed by atoms with Gasteiger partial charge in [-0.1, -0.05) is 56.3 Å². The van der Waals surface area contributed by atoms with Gasteiger partial charge >= 0.3 is 0 Å². The molecule has 1 N–H and O–H groups in total. The zero-order valence-electron chi connectivity index (χ0n) is 13.8. The Morgan fingerprint density at radius 2 is 1.57 bits per heavy atom. The summed E-state index contributed by atoms with van der Waals surface area (Å²) in [6, 6.07) is 13.7. The first kappa shape index (κ1) is 16.9. The summed E-state index contributed by atoms with van der Waals surface area (Å²) >= 11 is 0. The van der Waals surface area contributed by atoms with E-state index >= 15 is 0 Å². The molecule has 0 unspecified atom stereocenters. The molecule has 0 spiro atoms. The maximum Gasteiger partial charge on any atom is 0.201 e. The fraction of sp³-hybridized carbons (Fsp3) is 0.300. The van der Waals surface area contributed by atoms with Gasteiger partial charge in [-0.2, -0.15) is 0 Å². The van der Waals surface area contributed by atoms with E-state index in [0.717, 1.165) is 24.0 Å². The second-order valence-corrected chi connectivity index (χ2v) is 5.27. The fourth-order valence-electron chi connectivity index (χ4n) is 2.13. The Morgan fingerprint density at radius 3 is 2.26 bits per heavy atom. The number of benzene rings is 2. The van der Waals surface area contributed by atoms with Crippen LogP contribution in [-0.4, -0.2) is 18.3 Å². The summed E-state index contributed by atoms with van der Waals surface area (Å²) in [6.45, 7) is 5.19. The molecule has 2 aromatic rings. The van der Waals surface area contributed by atoms with Gasteiger partial charge in [-0.05, 0) is 30.5 Å². The number of phenolic OH excluding ortho intramolecular Hbond substituents is 1. The molecule has 23 heavy (non-hydrogen) atoms. The zero-order valence-corrected chi connectivity index (χ0v) is 13.8. The van der Waals surface area contributed by atoms with Crippen molar-refractivity contribution < 1.29 is 14.6 Å². The highest BCUT2D eigenvalue weighted by atomic mass is 16.5. The first-order chi connectivity index (χ1) is 11.3. The highest BCUT2D eigenvalue weighted by molar-refractivity contribution is 5.75. The van der Waals surface area contributed by atoms with Crippen LogP contribution in [0.3, 0.4) is 0 Å². The minimum absolute atomic E-state index is 0.0714. The van der Waals surface area contributed by atoms with E-state index in [-0.39, 0.29) is 5.75 Å². The van der Waals surface area contributed by atoms with Gasteiger partial charge in [0.2, 0.25) is 5.75 Å². The van der Waals surface area contributed by atoms with Crippen molar-refractivity contribution in [2.45, 2.75) is 26.7 Å². The lowest BCUT2D eigenvalue weighted by Crippen LogP contribution is -2.00. The van der Waals surface area contributed by atoms with Crippen LogP contribution in [0.2, 0.25) is 0 Å². The topological polar surface area (TPSA) is 38.7 Å². The Bertz CT molecular complexity index is 633. The highest BCUT2D eigenvalue weighted by Crippen LogP contribution is 2.40. The van der Waals surface area contributed by atoms with Crippen molar-refractivity contribution in [2.75, 3.05) is 13.2 Å². The average Bonchev–Trinajstić information content (AvgIpc) is 2.59. The molecule has 0 atom stereocenters. The second kappa shape index (κ2) is 8.89. The maximum atomic E-state index is 10.4. The van der Waals surface area contributed by atoms with E-state index in [1.54, 1.807) is 6.07 Å². The Labute approximate surface area is 138 Å². The molecule has 3 nitrogen and oxygen atoms in total. The second-order valence-electron chi connectivity index (χ2n) is 5.27. The SMILES string of the molecule is CCCOc1ccc(C=Cc2ccccc2)c(OCCC)c1O. The Kier molecular flexibility index (Phi) is 6.55. The van der Waals surface area contributed by atoms with Crippen molar-refractivity contribution in [3.05, 3.63) is 53.6 Å². The third kappa shape index (κ3) is 4.78. The van der Waals surface area contributed by atoms with Crippen molar-refractivity contribution in [3.63, 3.8) is 0 Å². The van der Waals surface area contributed by atoms with E-state index in [0.29, 0.717) is 24.7 Å². The molecule has 0 saturated carbocycles. The van der Waals surface area contributed by atoms with Crippen LogP contribution in [0.1, 0.15) is 37.8 Å².